The first kappa shape index (κ1) is 14.8. The van der Waals surface area contributed by atoms with Gasteiger partial charge in [-0.25, -0.2) is 0 Å². The third kappa shape index (κ3) is 3.69. The van der Waals surface area contributed by atoms with Crippen molar-refractivity contribution in [3.63, 3.8) is 0 Å². The van der Waals surface area contributed by atoms with E-state index in [1.54, 1.807) is 18.2 Å². The van der Waals surface area contributed by atoms with Crippen molar-refractivity contribution in [2.24, 2.45) is 0 Å². The summed E-state index contributed by atoms with van der Waals surface area (Å²) in [6, 6.07) is 7.17. The predicted molar refractivity (Wildman–Crippen MR) is 72.7 cm³/mol. The molecule has 6 heteroatoms. The summed E-state index contributed by atoms with van der Waals surface area (Å²) in [4.78, 5) is 12.7. The van der Waals surface area contributed by atoms with Crippen LogP contribution in [0.25, 0.3) is 0 Å². The van der Waals surface area contributed by atoms with Gasteiger partial charge in [-0.1, -0.05) is 12.1 Å². The fourth-order valence-corrected chi connectivity index (χ4v) is 2.24. The molecular formula is C14H19NO5. The van der Waals surface area contributed by atoms with E-state index in [0.717, 1.165) is 18.8 Å². The van der Waals surface area contributed by atoms with Crippen LogP contribution in [0.4, 0.5) is 5.69 Å². The number of benzene rings is 1. The maximum atomic E-state index is 10.6. The molecule has 20 heavy (non-hydrogen) atoms. The van der Waals surface area contributed by atoms with E-state index in [9.17, 15) is 15.0 Å². The molecule has 1 heterocycles. The van der Waals surface area contributed by atoms with Gasteiger partial charge < -0.3 is 25.0 Å². The van der Waals surface area contributed by atoms with Crippen LogP contribution in [0.2, 0.25) is 0 Å². The van der Waals surface area contributed by atoms with Crippen molar-refractivity contribution in [1.29, 1.82) is 0 Å². The fourth-order valence-electron chi connectivity index (χ4n) is 2.24. The summed E-state index contributed by atoms with van der Waals surface area (Å²) in [5.74, 6) is -1.14. The molecule has 0 spiro atoms. The van der Waals surface area contributed by atoms with E-state index < -0.39 is 24.6 Å². The Hall–Kier alpha value is -1.63. The molecule has 0 aliphatic carbocycles. The van der Waals surface area contributed by atoms with E-state index in [-0.39, 0.29) is 0 Å². The smallest absolute Gasteiger partial charge is 0.306 e. The van der Waals surface area contributed by atoms with Crippen molar-refractivity contribution in [3.8, 4) is 0 Å². The quantitative estimate of drug-likeness (QED) is 0.723. The summed E-state index contributed by atoms with van der Waals surface area (Å²) in [6.07, 6.45) is -3.00. The van der Waals surface area contributed by atoms with Crippen molar-refractivity contribution < 1.29 is 24.9 Å². The van der Waals surface area contributed by atoms with Gasteiger partial charge >= 0.3 is 5.97 Å². The summed E-state index contributed by atoms with van der Waals surface area (Å²) in [6.45, 7) is 2.87. The van der Waals surface area contributed by atoms with Gasteiger partial charge in [-0.3, -0.25) is 4.79 Å². The number of hydrogen-bond donors (Lipinski definition) is 3. The lowest BCUT2D eigenvalue weighted by Gasteiger charge is -2.29. The van der Waals surface area contributed by atoms with E-state index in [4.69, 9.17) is 9.84 Å². The van der Waals surface area contributed by atoms with Gasteiger partial charge in [0.15, 0.2) is 0 Å². The fraction of sp³-hybridized carbons (Fsp3) is 0.500. The molecule has 1 aliphatic heterocycles. The highest BCUT2D eigenvalue weighted by atomic mass is 16.5. The average molecular weight is 281 g/mol. The second-order valence-electron chi connectivity index (χ2n) is 4.80. The Balaban J connectivity index is 2.10. The summed E-state index contributed by atoms with van der Waals surface area (Å²) >= 11 is 0. The Bertz CT molecular complexity index is 459. The van der Waals surface area contributed by atoms with Crippen molar-refractivity contribution in [2.75, 3.05) is 31.2 Å². The second-order valence-corrected chi connectivity index (χ2v) is 4.80. The molecule has 0 radical (unpaired) electrons. The highest BCUT2D eigenvalue weighted by Crippen LogP contribution is 2.24. The highest BCUT2D eigenvalue weighted by molar-refractivity contribution is 5.67. The van der Waals surface area contributed by atoms with Gasteiger partial charge in [-0.2, -0.15) is 0 Å². The lowest BCUT2D eigenvalue weighted by atomic mass is 10.0. The van der Waals surface area contributed by atoms with Crippen molar-refractivity contribution in [1.82, 2.24) is 0 Å². The van der Waals surface area contributed by atoms with E-state index in [1.807, 2.05) is 6.07 Å². The number of aliphatic carboxylic acids is 1. The molecule has 2 atom stereocenters. The van der Waals surface area contributed by atoms with Crippen molar-refractivity contribution in [2.45, 2.75) is 18.6 Å². The van der Waals surface area contributed by atoms with Crippen LogP contribution in [-0.2, 0) is 9.53 Å². The number of carboxylic acid groups (broad SMARTS) is 1. The molecule has 1 aromatic carbocycles. The molecule has 2 unspecified atom stereocenters. The highest BCUT2D eigenvalue weighted by Gasteiger charge is 2.22. The molecule has 1 fully saturated rings. The van der Waals surface area contributed by atoms with Crippen molar-refractivity contribution >= 4 is 11.7 Å². The molecule has 1 aromatic rings. The molecule has 0 aromatic heterocycles. The number of rotatable bonds is 5. The van der Waals surface area contributed by atoms with Crippen LogP contribution in [0, 0.1) is 0 Å². The number of ether oxygens (including phenoxy) is 1. The van der Waals surface area contributed by atoms with E-state index in [0.29, 0.717) is 18.8 Å². The zero-order chi connectivity index (χ0) is 14.5. The van der Waals surface area contributed by atoms with Crippen molar-refractivity contribution in [3.05, 3.63) is 29.8 Å². The lowest BCUT2D eigenvalue weighted by molar-refractivity contribution is -0.141. The molecule has 3 N–H and O–H groups in total. The predicted octanol–water partition coefficient (Wildman–Crippen LogP) is 0.392. The van der Waals surface area contributed by atoms with Gasteiger partial charge in [-0.05, 0) is 17.7 Å². The molecular weight excluding hydrogens is 262 g/mol. The Morgan fingerprint density at radius 3 is 2.65 bits per heavy atom. The number of hydrogen-bond acceptors (Lipinski definition) is 5. The standard InChI is InChI=1S/C14H19NO5/c16-12(9-13(17)18)14(19)10-2-1-3-11(8-10)15-4-6-20-7-5-15/h1-3,8,12,14,16,19H,4-7,9H2,(H,17,18). The van der Waals surface area contributed by atoms with E-state index >= 15 is 0 Å². The number of aliphatic hydroxyl groups excluding tert-OH is 2. The maximum Gasteiger partial charge on any atom is 0.306 e. The molecule has 0 saturated carbocycles. The maximum absolute atomic E-state index is 10.6. The summed E-state index contributed by atoms with van der Waals surface area (Å²) in [7, 11) is 0. The number of morpholine rings is 1. The monoisotopic (exact) mass is 281 g/mol. The zero-order valence-corrected chi connectivity index (χ0v) is 11.1. The Morgan fingerprint density at radius 2 is 2.00 bits per heavy atom. The molecule has 1 saturated heterocycles. The average Bonchev–Trinajstić information content (AvgIpc) is 2.47. The third-order valence-corrected chi connectivity index (χ3v) is 3.34. The Morgan fingerprint density at radius 1 is 1.30 bits per heavy atom. The largest absolute Gasteiger partial charge is 0.481 e. The molecule has 2 rings (SSSR count). The van der Waals surface area contributed by atoms with Gasteiger partial charge in [-0.15, -0.1) is 0 Å². The van der Waals surface area contributed by atoms with Crippen LogP contribution in [0.5, 0.6) is 0 Å². The number of aliphatic hydroxyl groups is 2. The van der Waals surface area contributed by atoms with Crippen LogP contribution >= 0.6 is 0 Å². The van der Waals surface area contributed by atoms with Crippen LogP contribution in [0.1, 0.15) is 18.1 Å². The van der Waals surface area contributed by atoms with Gasteiger partial charge in [0, 0.05) is 18.8 Å². The summed E-state index contributed by atoms with van der Waals surface area (Å²) in [5, 5.41) is 28.3. The summed E-state index contributed by atoms with van der Waals surface area (Å²) in [5.41, 5.74) is 1.45. The van der Waals surface area contributed by atoms with Gasteiger partial charge in [0.2, 0.25) is 0 Å². The molecule has 1 aliphatic rings. The Kier molecular flexibility index (Phi) is 4.94. The minimum Gasteiger partial charge on any atom is -0.481 e. The minimum atomic E-state index is -1.31. The van der Waals surface area contributed by atoms with E-state index in [1.165, 1.54) is 0 Å². The summed E-state index contributed by atoms with van der Waals surface area (Å²) < 4.78 is 5.28. The van der Waals surface area contributed by atoms with Crippen LogP contribution < -0.4 is 4.90 Å². The first-order valence-electron chi connectivity index (χ1n) is 6.58. The van der Waals surface area contributed by atoms with Gasteiger partial charge in [0.05, 0.1) is 25.7 Å². The zero-order valence-electron chi connectivity index (χ0n) is 11.1. The van der Waals surface area contributed by atoms with Crippen LogP contribution in [0.15, 0.2) is 24.3 Å². The normalized spacial score (nSPS) is 18.6. The first-order valence-corrected chi connectivity index (χ1v) is 6.58. The van der Waals surface area contributed by atoms with Gasteiger partial charge in [0.25, 0.3) is 0 Å². The first-order chi connectivity index (χ1) is 9.58. The lowest BCUT2D eigenvalue weighted by Crippen LogP contribution is -2.36. The number of anilines is 1. The van der Waals surface area contributed by atoms with Gasteiger partial charge in [0.1, 0.15) is 6.10 Å². The second kappa shape index (κ2) is 6.69. The Labute approximate surface area is 117 Å². The molecule has 0 amide bonds. The number of nitrogens with zero attached hydrogens (tertiary/aromatic N) is 1. The SMILES string of the molecule is O=C(O)CC(O)C(O)c1cccc(N2CCOCC2)c1. The third-order valence-electron chi connectivity index (χ3n) is 3.34. The minimum absolute atomic E-state index is 0.483. The topological polar surface area (TPSA) is 90.2 Å². The molecule has 6 nitrogen and oxygen atoms in total. The number of carbonyl (C=O) groups is 1. The molecule has 0 bridgehead atoms. The van der Waals surface area contributed by atoms with E-state index in [2.05, 4.69) is 4.90 Å². The molecule has 110 valence electrons. The van der Waals surface area contributed by atoms with Crippen LogP contribution in [0.3, 0.4) is 0 Å². The number of carboxylic acids is 1. The van der Waals surface area contributed by atoms with Crippen LogP contribution in [-0.4, -0.2) is 53.7 Å².